The zero-order valence-electron chi connectivity index (χ0n) is 23.6. The topological polar surface area (TPSA) is 75.7 Å². The van der Waals surface area contributed by atoms with Gasteiger partial charge in [0.05, 0.1) is 19.1 Å². The monoisotopic (exact) mass is 554 g/mol. The average Bonchev–Trinajstić information content (AvgIpc) is 3.49. The standard InChI is InChI=1S/C36H30N2O4/c1-21-13-18-29-26(19-21)22(2)20-30-36(27-11-7-8-12-28(27)37-35(36)41)31(33(39)24-14-16-25(42-3)17-15-24)32(38(29)30)34(40)23-9-5-4-6-10-23/h4-20,30-32H,1-3H3,(H,37,41)/t30-,31+,32-,36-/m1/s1. The lowest BCUT2D eigenvalue weighted by atomic mass is 9.64. The molecule has 208 valence electrons. The van der Waals surface area contributed by atoms with Crippen LogP contribution in [0.15, 0.2) is 103 Å². The quantitative estimate of drug-likeness (QED) is 0.295. The summed E-state index contributed by atoms with van der Waals surface area (Å²) >= 11 is 0. The number of carbonyl (C=O) groups excluding carboxylic acids is 3. The number of hydrogen-bond donors (Lipinski definition) is 1. The van der Waals surface area contributed by atoms with E-state index < -0.39 is 23.4 Å². The number of aryl methyl sites for hydroxylation is 1. The van der Waals surface area contributed by atoms with E-state index in [0.717, 1.165) is 28.0 Å². The number of rotatable bonds is 5. The first-order chi connectivity index (χ1) is 20.4. The summed E-state index contributed by atoms with van der Waals surface area (Å²) in [5.41, 5.74) is 4.93. The Balaban J connectivity index is 1.55. The summed E-state index contributed by atoms with van der Waals surface area (Å²) in [7, 11) is 1.57. The lowest BCUT2D eigenvalue weighted by molar-refractivity contribution is -0.121. The Hall–Kier alpha value is -4.97. The van der Waals surface area contributed by atoms with Gasteiger partial charge in [-0.25, -0.2) is 0 Å². The van der Waals surface area contributed by atoms with Crippen molar-refractivity contribution in [1.29, 1.82) is 0 Å². The van der Waals surface area contributed by atoms with Crippen LogP contribution in [0.1, 0.15) is 44.3 Å². The summed E-state index contributed by atoms with van der Waals surface area (Å²) in [6.07, 6.45) is 2.08. The molecule has 0 aromatic heterocycles. The third-order valence-corrected chi connectivity index (χ3v) is 9.12. The molecule has 6 heteroatoms. The third kappa shape index (κ3) is 3.54. The normalized spacial score (nSPS) is 23.5. The molecule has 42 heavy (non-hydrogen) atoms. The van der Waals surface area contributed by atoms with Gasteiger partial charge in [0.15, 0.2) is 11.6 Å². The van der Waals surface area contributed by atoms with Crippen LogP contribution in [0.4, 0.5) is 11.4 Å². The van der Waals surface area contributed by atoms with Gasteiger partial charge in [0, 0.05) is 28.1 Å². The highest BCUT2D eigenvalue weighted by Crippen LogP contribution is 2.59. The molecule has 0 aliphatic carbocycles. The summed E-state index contributed by atoms with van der Waals surface area (Å²) < 4.78 is 5.34. The molecule has 0 unspecified atom stereocenters. The van der Waals surface area contributed by atoms with Crippen molar-refractivity contribution in [3.8, 4) is 5.75 Å². The van der Waals surface area contributed by atoms with Crippen molar-refractivity contribution in [1.82, 2.24) is 0 Å². The van der Waals surface area contributed by atoms with E-state index in [-0.39, 0.29) is 17.5 Å². The number of allylic oxidation sites excluding steroid dienone is 1. The van der Waals surface area contributed by atoms with Crippen LogP contribution in [0.3, 0.4) is 0 Å². The second-order valence-corrected chi connectivity index (χ2v) is 11.3. The number of para-hydroxylation sites is 1. The fourth-order valence-corrected chi connectivity index (χ4v) is 7.25. The number of Topliss-reactive ketones (excluding diaryl/α,β-unsaturated/α-hetero) is 2. The molecule has 4 aromatic carbocycles. The van der Waals surface area contributed by atoms with E-state index in [1.54, 1.807) is 43.5 Å². The van der Waals surface area contributed by atoms with Gasteiger partial charge in [0.2, 0.25) is 5.91 Å². The molecule has 1 N–H and O–H groups in total. The summed E-state index contributed by atoms with van der Waals surface area (Å²) in [5.74, 6) is -1.11. The van der Waals surface area contributed by atoms with Crippen LogP contribution < -0.4 is 15.0 Å². The Labute approximate surface area is 244 Å². The molecule has 0 radical (unpaired) electrons. The van der Waals surface area contributed by atoms with Crippen molar-refractivity contribution in [3.63, 3.8) is 0 Å². The van der Waals surface area contributed by atoms with Crippen molar-refractivity contribution < 1.29 is 19.1 Å². The number of benzene rings is 4. The Morgan fingerprint density at radius 3 is 2.26 bits per heavy atom. The molecular weight excluding hydrogens is 524 g/mol. The van der Waals surface area contributed by atoms with Gasteiger partial charge in [-0.15, -0.1) is 0 Å². The first-order valence-electron chi connectivity index (χ1n) is 14.1. The van der Waals surface area contributed by atoms with Crippen LogP contribution in [0.5, 0.6) is 5.75 Å². The maximum absolute atomic E-state index is 14.9. The van der Waals surface area contributed by atoms with Gasteiger partial charge in [-0.2, -0.15) is 0 Å². The number of ether oxygens (including phenoxy) is 1. The van der Waals surface area contributed by atoms with Crippen molar-refractivity contribution in [3.05, 3.63) is 131 Å². The van der Waals surface area contributed by atoms with E-state index in [0.29, 0.717) is 22.6 Å². The molecule has 1 amide bonds. The lowest BCUT2D eigenvalue weighted by Crippen LogP contribution is -2.51. The van der Waals surface area contributed by atoms with Crippen LogP contribution in [0.2, 0.25) is 0 Å². The van der Waals surface area contributed by atoms with Crippen LogP contribution in [-0.4, -0.2) is 36.7 Å². The lowest BCUT2D eigenvalue weighted by Gasteiger charge is -2.39. The largest absolute Gasteiger partial charge is 0.497 e. The van der Waals surface area contributed by atoms with Crippen LogP contribution in [0.25, 0.3) is 5.57 Å². The van der Waals surface area contributed by atoms with Gasteiger partial charge in [-0.3, -0.25) is 14.4 Å². The minimum atomic E-state index is -1.34. The molecule has 3 aliphatic rings. The first kappa shape index (κ1) is 26.0. The summed E-state index contributed by atoms with van der Waals surface area (Å²) in [6, 6.07) is 28.2. The smallest absolute Gasteiger partial charge is 0.238 e. The zero-order chi connectivity index (χ0) is 29.2. The number of ketones is 2. The van der Waals surface area contributed by atoms with Gasteiger partial charge in [-0.1, -0.05) is 66.2 Å². The van der Waals surface area contributed by atoms with Crippen molar-refractivity contribution in [2.24, 2.45) is 5.92 Å². The maximum Gasteiger partial charge on any atom is 0.238 e. The fourth-order valence-electron chi connectivity index (χ4n) is 7.25. The van der Waals surface area contributed by atoms with E-state index in [9.17, 15) is 14.4 Å². The van der Waals surface area contributed by atoms with Crippen molar-refractivity contribution in [2.75, 3.05) is 17.3 Å². The third-order valence-electron chi connectivity index (χ3n) is 9.12. The first-order valence-corrected chi connectivity index (χ1v) is 14.1. The van der Waals surface area contributed by atoms with Crippen molar-refractivity contribution >= 4 is 34.4 Å². The molecule has 0 bridgehead atoms. The molecule has 7 rings (SSSR count). The number of nitrogens with one attached hydrogen (secondary N) is 1. The van der Waals surface area contributed by atoms with Gasteiger partial charge >= 0.3 is 0 Å². The van der Waals surface area contributed by atoms with E-state index in [2.05, 4.69) is 17.5 Å². The van der Waals surface area contributed by atoms with Crippen molar-refractivity contribution in [2.45, 2.75) is 31.3 Å². The highest BCUT2D eigenvalue weighted by Gasteiger charge is 2.70. The summed E-state index contributed by atoms with van der Waals surface area (Å²) in [4.78, 5) is 46.1. The predicted octanol–water partition coefficient (Wildman–Crippen LogP) is 6.25. The van der Waals surface area contributed by atoms with Gasteiger partial charge in [-0.05, 0) is 67.4 Å². The Morgan fingerprint density at radius 1 is 0.833 bits per heavy atom. The molecule has 6 nitrogen and oxygen atoms in total. The Morgan fingerprint density at radius 2 is 1.52 bits per heavy atom. The van der Waals surface area contributed by atoms with E-state index in [1.165, 1.54) is 0 Å². The molecule has 3 heterocycles. The van der Waals surface area contributed by atoms with Gasteiger partial charge < -0.3 is 15.0 Å². The highest BCUT2D eigenvalue weighted by molar-refractivity contribution is 6.18. The second kappa shape index (κ2) is 9.55. The molecule has 1 spiro atoms. The minimum Gasteiger partial charge on any atom is -0.497 e. The highest BCUT2D eigenvalue weighted by atomic mass is 16.5. The molecule has 4 aromatic rings. The Kier molecular flexibility index (Phi) is 5.91. The second-order valence-electron chi connectivity index (χ2n) is 11.3. The molecule has 1 saturated heterocycles. The maximum atomic E-state index is 14.9. The number of hydrogen-bond acceptors (Lipinski definition) is 5. The van der Waals surface area contributed by atoms with Crippen LogP contribution in [-0.2, 0) is 10.2 Å². The molecular formula is C36H30N2O4. The minimum absolute atomic E-state index is 0.194. The van der Waals surface area contributed by atoms with Gasteiger partial charge in [0.1, 0.15) is 17.2 Å². The SMILES string of the molecule is COc1ccc(C(=O)[C@@H]2[C@H](C(=O)c3ccccc3)N3c4ccc(C)cc4C(C)=C[C@@H]3[C@@]23C(=O)Nc2ccccc23)cc1. The number of fused-ring (bicyclic) bond motifs is 6. The summed E-state index contributed by atoms with van der Waals surface area (Å²) in [6.45, 7) is 4.07. The fraction of sp³-hybridized carbons (Fsp3) is 0.194. The number of nitrogens with zero attached hydrogens (tertiary/aromatic N) is 1. The average molecular weight is 555 g/mol. The number of amides is 1. The zero-order valence-corrected chi connectivity index (χ0v) is 23.6. The molecule has 0 saturated carbocycles. The van der Waals surface area contributed by atoms with E-state index >= 15 is 0 Å². The predicted molar refractivity (Wildman–Crippen MR) is 163 cm³/mol. The van der Waals surface area contributed by atoms with Gasteiger partial charge in [0.25, 0.3) is 0 Å². The van der Waals surface area contributed by atoms with E-state index in [4.69, 9.17) is 4.74 Å². The summed E-state index contributed by atoms with van der Waals surface area (Å²) in [5, 5.41) is 3.09. The number of anilines is 2. The van der Waals surface area contributed by atoms with E-state index in [1.807, 2.05) is 73.3 Å². The molecule has 3 aliphatic heterocycles. The van der Waals surface area contributed by atoms with Crippen LogP contribution in [0, 0.1) is 12.8 Å². The number of methoxy groups -OCH3 is 1. The molecule has 4 atom stereocenters. The molecule has 1 fully saturated rings. The van der Waals surface area contributed by atoms with Crippen LogP contribution >= 0.6 is 0 Å². The Bertz CT molecular complexity index is 1790. The number of carbonyl (C=O) groups is 3.